The fourth-order valence-electron chi connectivity index (χ4n) is 14.2. The molecule has 0 atom stereocenters. The van der Waals surface area contributed by atoms with Gasteiger partial charge in [0.1, 0.15) is 11.5 Å². The second-order valence-electron chi connectivity index (χ2n) is 24.1. The zero-order valence-electron chi connectivity index (χ0n) is 52.2. The molecule has 0 spiro atoms. The summed E-state index contributed by atoms with van der Waals surface area (Å²) < 4.78 is 34.5. The Labute approximate surface area is 523 Å². The minimum absolute atomic E-state index is 0.103. The van der Waals surface area contributed by atoms with E-state index in [-0.39, 0.29) is 17.7 Å². The van der Waals surface area contributed by atoms with Crippen molar-refractivity contribution >= 4 is 56.1 Å². The molecule has 0 bridgehead atoms. The van der Waals surface area contributed by atoms with Gasteiger partial charge in [-0.15, -0.1) is 0 Å². The highest BCUT2D eigenvalue weighted by molar-refractivity contribution is 6.02. The molecule has 0 radical (unpaired) electrons. The highest BCUT2D eigenvalue weighted by Gasteiger charge is 2.35. The summed E-state index contributed by atoms with van der Waals surface area (Å²) >= 11 is 0. The molecule has 0 N–H and O–H groups in total. The van der Waals surface area contributed by atoms with Gasteiger partial charge in [0.05, 0.1) is 55.6 Å². The number of fused-ring (bicyclic) bond motifs is 6. The summed E-state index contributed by atoms with van der Waals surface area (Å²) in [5, 5.41) is 21.7. The number of carbonyl (C=O) groups excluding carboxylic acids is 3. The van der Waals surface area contributed by atoms with Crippen LogP contribution in [-0.2, 0) is 67.5 Å². The molecular formula is C70H78N12O8. The van der Waals surface area contributed by atoms with Gasteiger partial charge in [-0.1, -0.05) is 49.1 Å². The molecule has 6 aromatic heterocycles. The van der Waals surface area contributed by atoms with E-state index >= 15 is 0 Å². The van der Waals surface area contributed by atoms with E-state index in [0.717, 1.165) is 211 Å². The molecule has 9 aromatic rings. The average Bonchev–Trinajstić information content (AvgIpc) is 1.65. The molecule has 20 heteroatoms. The van der Waals surface area contributed by atoms with Crippen LogP contribution in [0.5, 0.6) is 11.5 Å². The number of benzene rings is 3. The summed E-state index contributed by atoms with van der Waals surface area (Å²) in [6.07, 6.45) is 21.1. The Kier molecular flexibility index (Phi) is 17.6. The SMILES string of the molecule is C=Cc1cncc2c(-c3nn(C4CCOCC4)c4c3CN(C(C)=O)CC4)cccc12.COc1ccc(-c2nn(C3CCOCC3)c3c2CN(C(C)=O)CC3)c2cnccc12.COc1cncc2c(-c3nn(C4CCOCC4)c4c3CN(C(C)=O)CC4)cccc12. The maximum atomic E-state index is 12.1. The van der Waals surface area contributed by atoms with E-state index < -0.39 is 0 Å². The summed E-state index contributed by atoms with van der Waals surface area (Å²) in [6.45, 7) is 17.5. The number of hydrogen-bond acceptors (Lipinski definition) is 14. The van der Waals surface area contributed by atoms with E-state index in [9.17, 15) is 14.4 Å². The van der Waals surface area contributed by atoms with Crippen LogP contribution in [0.2, 0.25) is 0 Å². The fourth-order valence-corrected chi connectivity index (χ4v) is 14.2. The zero-order chi connectivity index (χ0) is 62.0. The number of rotatable bonds is 9. The van der Waals surface area contributed by atoms with Crippen molar-refractivity contribution < 1.29 is 38.1 Å². The van der Waals surface area contributed by atoms with Crippen LogP contribution in [0.1, 0.15) is 117 Å². The molecule has 15 rings (SSSR count). The van der Waals surface area contributed by atoms with Crippen LogP contribution in [0.15, 0.2) is 98.4 Å². The lowest BCUT2D eigenvalue weighted by atomic mass is 9.96. The molecule has 3 fully saturated rings. The Bertz CT molecular complexity index is 4040. The number of methoxy groups -OCH3 is 2. The van der Waals surface area contributed by atoms with Gasteiger partial charge in [0, 0.05) is 233 Å². The van der Waals surface area contributed by atoms with Crippen LogP contribution >= 0.6 is 0 Å². The standard InChI is InChI=1S/C24H26N4O2.2C23H26N4O3/c1-3-17-13-25-14-21-19(17)5-4-6-20(21)24-22-15-27(16(2)29)10-7-23(22)28(26-24)18-8-11-30-12-9-18;1-15(28)26-10-6-21-20(14-26)23(25-27(21)16-7-11-30-12-8-16)18-3-4-22(29-2)17-5-9-24-13-19(17)18;1-15(28)26-9-6-21-20(14-26)23(25-27(21)16-7-10-30-11-8-16)18-5-3-4-17-19(18)12-24-13-22(17)29-2/h3-6,13-14,18H,1,7-12,15H2,2H3;3-5,9,13,16H,6-8,10-12,14H2,1-2H3;3-5,12-13,16H,6-11,14H2,1-2H3. The van der Waals surface area contributed by atoms with E-state index in [1.165, 1.54) is 22.6 Å². The van der Waals surface area contributed by atoms with Crippen LogP contribution in [0.3, 0.4) is 0 Å². The van der Waals surface area contributed by atoms with Crippen molar-refractivity contribution in [2.24, 2.45) is 0 Å². The number of nitrogens with zero attached hydrogens (tertiary/aromatic N) is 12. The number of pyridine rings is 3. The van der Waals surface area contributed by atoms with Gasteiger partial charge < -0.3 is 38.4 Å². The number of amides is 3. The van der Waals surface area contributed by atoms with Gasteiger partial charge in [0.15, 0.2) is 0 Å². The molecule has 20 nitrogen and oxygen atoms in total. The number of hydrogen-bond donors (Lipinski definition) is 0. The quantitative estimate of drug-likeness (QED) is 0.132. The Balaban J connectivity index is 0.000000124. The normalized spacial score (nSPS) is 17.2. The van der Waals surface area contributed by atoms with E-state index in [1.54, 1.807) is 47.4 Å². The van der Waals surface area contributed by atoms with Crippen molar-refractivity contribution in [2.75, 3.05) is 73.5 Å². The Morgan fingerprint density at radius 2 is 0.856 bits per heavy atom. The zero-order valence-corrected chi connectivity index (χ0v) is 52.2. The van der Waals surface area contributed by atoms with Crippen LogP contribution in [0.25, 0.3) is 72.2 Å². The number of ether oxygens (including phenoxy) is 5. The average molecular weight is 1220 g/mol. The Hall–Kier alpha value is -8.85. The summed E-state index contributed by atoms with van der Waals surface area (Å²) in [5.74, 6) is 1.88. The number of carbonyl (C=O) groups is 3. The molecule has 90 heavy (non-hydrogen) atoms. The maximum absolute atomic E-state index is 12.1. The molecule has 3 aromatic carbocycles. The van der Waals surface area contributed by atoms with Crippen LogP contribution in [-0.4, -0.2) is 150 Å². The van der Waals surface area contributed by atoms with Crippen molar-refractivity contribution in [3.05, 3.63) is 138 Å². The van der Waals surface area contributed by atoms with Crippen molar-refractivity contribution in [3.8, 4) is 45.3 Å². The van der Waals surface area contributed by atoms with E-state index in [2.05, 4.69) is 65.9 Å². The fraction of sp³-hybridized carbons (Fsp3) is 0.414. The summed E-state index contributed by atoms with van der Waals surface area (Å²) in [7, 11) is 3.34. The van der Waals surface area contributed by atoms with Gasteiger partial charge in [0.2, 0.25) is 17.7 Å². The van der Waals surface area contributed by atoms with Crippen LogP contribution in [0.4, 0.5) is 0 Å². The molecule has 0 unspecified atom stereocenters. The van der Waals surface area contributed by atoms with Gasteiger partial charge in [0.25, 0.3) is 0 Å². The van der Waals surface area contributed by atoms with Crippen molar-refractivity contribution in [2.45, 2.75) is 116 Å². The van der Waals surface area contributed by atoms with Gasteiger partial charge in [-0.2, -0.15) is 15.3 Å². The van der Waals surface area contributed by atoms with Gasteiger partial charge >= 0.3 is 0 Å². The third kappa shape index (κ3) is 11.6. The first-order valence-corrected chi connectivity index (χ1v) is 31.6. The third-order valence-electron chi connectivity index (χ3n) is 19.0. The molecule has 3 amide bonds. The lowest BCUT2D eigenvalue weighted by molar-refractivity contribution is -0.130. The first-order chi connectivity index (χ1) is 44.0. The minimum Gasteiger partial charge on any atom is -0.496 e. The first-order valence-electron chi connectivity index (χ1n) is 31.6. The molecule has 0 aliphatic carbocycles. The topological polar surface area (TPSA) is 199 Å². The highest BCUT2D eigenvalue weighted by Crippen LogP contribution is 2.42. The monoisotopic (exact) mass is 1210 g/mol. The predicted molar refractivity (Wildman–Crippen MR) is 344 cm³/mol. The molecule has 0 saturated carbocycles. The van der Waals surface area contributed by atoms with Gasteiger partial charge in [-0.25, -0.2) is 0 Å². The highest BCUT2D eigenvalue weighted by atomic mass is 16.5. The van der Waals surface area contributed by atoms with Crippen LogP contribution in [0, 0.1) is 0 Å². The maximum Gasteiger partial charge on any atom is 0.219 e. The minimum atomic E-state index is 0.103. The lowest BCUT2D eigenvalue weighted by Gasteiger charge is -2.29. The van der Waals surface area contributed by atoms with Gasteiger partial charge in [-0.05, 0) is 62.1 Å². The van der Waals surface area contributed by atoms with Crippen molar-refractivity contribution in [3.63, 3.8) is 0 Å². The molecular weight excluding hydrogens is 1140 g/mol. The number of aromatic nitrogens is 9. The van der Waals surface area contributed by atoms with Crippen LogP contribution < -0.4 is 9.47 Å². The molecule has 3 saturated heterocycles. The molecule has 12 heterocycles. The molecule has 6 aliphatic rings. The largest absolute Gasteiger partial charge is 0.496 e. The summed E-state index contributed by atoms with van der Waals surface area (Å²) in [4.78, 5) is 55.3. The second-order valence-corrected chi connectivity index (χ2v) is 24.1. The Morgan fingerprint density at radius 3 is 1.28 bits per heavy atom. The van der Waals surface area contributed by atoms with Gasteiger partial charge in [-0.3, -0.25) is 43.4 Å². The smallest absolute Gasteiger partial charge is 0.219 e. The first kappa shape index (κ1) is 60.1. The Morgan fingerprint density at radius 1 is 0.467 bits per heavy atom. The predicted octanol–water partition coefficient (Wildman–Crippen LogP) is 10.7. The summed E-state index contributed by atoms with van der Waals surface area (Å²) in [5.41, 5.74) is 14.2. The van der Waals surface area contributed by atoms with Crippen molar-refractivity contribution in [1.29, 1.82) is 0 Å². The third-order valence-corrected chi connectivity index (χ3v) is 19.0. The molecule has 466 valence electrons. The second kappa shape index (κ2) is 26.3. The van der Waals surface area contributed by atoms with E-state index in [1.807, 2.05) is 69.8 Å². The molecule has 6 aliphatic heterocycles. The summed E-state index contributed by atoms with van der Waals surface area (Å²) in [6, 6.07) is 19.5. The van der Waals surface area contributed by atoms with E-state index in [0.29, 0.717) is 37.8 Å². The van der Waals surface area contributed by atoms with E-state index in [4.69, 9.17) is 39.0 Å². The van der Waals surface area contributed by atoms with Crippen molar-refractivity contribution in [1.82, 2.24) is 59.0 Å². The lowest BCUT2D eigenvalue weighted by Crippen LogP contribution is -2.35.